The summed E-state index contributed by atoms with van der Waals surface area (Å²) in [7, 11) is 0. The SMILES string of the molecule is C#CC(/C=C\c1ccc(C)cc1C)/C=C/c1cccc(C(C)CCC(C=C)=C(C=C)C=C)c1. The zero-order chi connectivity index (χ0) is 24.2. The van der Waals surface area contributed by atoms with Crippen molar-refractivity contribution < 1.29 is 0 Å². The highest BCUT2D eigenvalue weighted by Crippen LogP contribution is 2.26. The molecule has 0 saturated carbocycles. The van der Waals surface area contributed by atoms with E-state index in [1.165, 1.54) is 27.8 Å². The fourth-order valence-corrected chi connectivity index (χ4v) is 3.83. The molecule has 0 aliphatic heterocycles. The molecule has 168 valence electrons. The Bertz CT molecular complexity index is 1100. The maximum atomic E-state index is 5.79. The maximum absolute atomic E-state index is 5.79. The minimum absolute atomic E-state index is 0.0525. The highest BCUT2D eigenvalue weighted by Gasteiger charge is 2.08. The Morgan fingerprint density at radius 2 is 1.70 bits per heavy atom. The largest absolute Gasteiger partial charge is 0.119 e. The van der Waals surface area contributed by atoms with Gasteiger partial charge in [-0.3, -0.25) is 0 Å². The summed E-state index contributed by atoms with van der Waals surface area (Å²) in [6.07, 6.45) is 21.8. The van der Waals surface area contributed by atoms with Crippen molar-refractivity contribution in [3.05, 3.63) is 132 Å². The molecule has 33 heavy (non-hydrogen) atoms. The average Bonchev–Trinajstić information content (AvgIpc) is 2.82. The van der Waals surface area contributed by atoms with Gasteiger partial charge in [-0.1, -0.05) is 123 Å². The molecule has 0 fully saturated rings. The summed E-state index contributed by atoms with van der Waals surface area (Å²) in [6, 6.07) is 15.1. The van der Waals surface area contributed by atoms with Gasteiger partial charge in [-0.2, -0.15) is 0 Å². The first-order valence-electron chi connectivity index (χ1n) is 11.5. The van der Waals surface area contributed by atoms with Gasteiger partial charge in [0.25, 0.3) is 0 Å². The van der Waals surface area contributed by atoms with Crippen molar-refractivity contribution in [1.29, 1.82) is 0 Å². The van der Waals surface area contributed by atoms with Crippen LogP contribution in [0, 0.1) is 32.1 Å². The summed E-state index contributed by atoms with van der Waals surface area (Å²) in [5.41, 5.74) is 8.47. The number of hydrogen-bond donors (Lipinski definition) is 0. The minimum Gasteiger partial charge on any atom is -0.119 e. The smallest absolute Gasteiger partial charge is 0.0567 e. The van der Waals surface area contributed by atoms with Gasteiger partial charge in [0.05, 0.1) is 5.92 Å². The van der Waals surface area contributed by atoms with Gasteiger partial charge in [0.1, 0.15) is 0 Å². The van der Waals surface area contributed by atoms with E-state index in [1.807, 2.05) is 18.2 Å². The van der Waals surface area contributed by atoms with Gasteiger partial charge >= 0.3 is 0 Å². The van der Waals surface area contributed by atoms with Crippen molar-refractivity contribution >= 4 is 12.2 Å². The normalized spacial score (nSPS) is 12.8. The molecule has 0 N–H and O–H groups in total. The summed E-state index contributed by atoms with van der Waals surface area (Å²) in [5.74, 6) is 3.24. The van der Waals surface area contributed by atoms with E-state index < -0.39 is 0 Å². The van der Waals surface area contributed by atoms with Crippen molar-refractivity contribution in [2.24, 2.45) is 5.92 Å². The number of aryl methyl sites for hydroxylation is 2. The van der Waals surface area contributed by atoms with Crippen LogP contribution >= 0.6 is 0 Å². The lowest BCUT2D eigenvalue weighted by molar-refractivity contribution is 0.680. The van der Waals surface area contributed by atoms with Gasteiger partial charge < -0.3 is 0 Å². The van der Waals surface area contributed by atoms with E-state index in [4.69, 9.17) is 6.42 Å². The molecular weight excluding hydrogens is 396 g/mol. The summed E-state index contributed by atoms with van der Waals surface area (Å²) in [6.45, 7) is 18.2. The lowest BCUT2D eigenvalue weighted by Gasteiger charge is -2.14. The summed E-state index contributed by atoms with van der Waals surface area (Å²) in [5, 5.41) is 0. The van der Waals surface area contributed by atoms with E-state index in [0.29, 0.717) is 5.92 Å². The number of hydrogen-bond acceptors (Lipinski definition) is 0. The number of allylic oxidation sites excluding steroid dienone is 7. The molecule has 0 radical (unpaired) electrons. The molecule has 2 aromatic rings. The van der Waals surface area contributed by atoms with E-state index in [-0.39, 0.29) is 5.92 Å². The maximum Gasteiger partial charge on any atom is 0.0567 e. The molecule has 0 saturated heterocycles. The van der Waals surface area contributed by atoms with Crippen molar-refractivity contribution in [3.63, 3.8) is 0 Å². The van der Waals surface area contributed by atoms with Gasteiger partial charge in [0, 0.05) is 0 Å². The van der Waals surface area contributed by atoms with Crippen LogP contribution < -0.4 is 0 Å². The molecule has 0 aliphatic carbocycles. The van der Waals surface area contributed by atoms with Gasteiger partial charge in [0.2, 0.25) is 0 Å². The molecule has 2 atom stereocenters. The lowest BCUT2D eigenvalue weighted by Crippen LogP contribution is -1.96. The van der Waals surface area contributed by atoms with Crippen molar-refractivity contribution in [1.82, 2.24) is 0 Å². The van der Waals surface area contributed by atoms with E-state index in [2.05, 4.69) is 113 Å². The molecule has 0 aliphatic rings. The Morgan fingerprint density at radius 1 is 0.970 bits per heavy atom. The number of terminal acetylenes is 1. The van der Waals surface area contributed by atoms with Crippen LogP contribution in [0.5, 0.6) is 0 Å². The van der Waals surface area contributed by atoms with Crippen LogP contribution in [0.2, 0.25) is 0 Å². The Hall–Kier alpha value is -3.56. The third-order valence-corrected chi connectivity index (χ3v) is 5.98. The van der Waals surface area contributed by atoms with Gasteiger partial charge in [-0.25, -0.2) is 0 Å². The van der Waals surface area contributed by atoms with E-state index in [1.54, 1.807) is 0 Å². The zero-order valence-corrected chi connectivity index (χ0v) is 20.4. The average molecular weight is 433 g/mol. The van der Waals surface area contributed by atoms with Crippen LogP contribution in [0.4, 0.5) is 0 Å². The first-order valence-corrected chi connectivity index (χ1v) is 11.5. The molecule has 2 aromatic carbocycles. The molecule has 0 nitrogen and oxygen atoms in total. The highest BCUT2D eigenvalue weighted by molar-refractivity contribution is 5.57. The zero-order valence-electron chi connectivity index (χ0n) is 20.4. The summed E-state index contributed by atoms with van der Waals surface area (Å²) < 4.78 is 0. The Labute approximate surface area is 201 Å². The molecule has 2 unspecified atom stereocenters. The predicted octanol–water partition coefficient (Wildman–Crippen LogP) is 9.02. The number of benzene rings is 2. The van der Waals surface area contributed by atoms with Gasteiger partial charge in [0.15, 0.2) is 0 Å². The second-order valence-corrected chi connectivity index (χ2v) is 8.47. The van der Waals surface area contributed by atoms with E-state index in [9.17, 15) is 0 Å². The third-order valence-electron chi connectivity index (χ3n) is 5.98. The first kappa shape index (κ1) is 25.7. The van der Waals surface area contributed by atoms with E-state index >= 15 is 0 Å². The number of rotatable bonds is 11. The van der Waals surface area contributed by atoms with Crippen molar-refractivity contribution in [2.75, 3.05) is 0 Å². The van der Waals surface area contributed by atoms with Crippen LogP contribution in [0.1, 0.15) is 53.5 Å². The topological polar surface area (TPSA) is 0 Å². The van der Waals surface area contributed by atoms with Gasteiger partial charge in [-0.05, 0) is 66.0 Å². The van der Waals surface area contributed by atoms with Crippen LogP contribution in [0.25, 0.3) is 12.2 Å². The fraction of sp³-hybridized carbons (Fsp3) is 0.212. The molecule has 0 amide bonds. The molecule has 0 aromatic heterocycles. The second kappa shape index (κ2) is 13.1. The summed E-state index contributed by atoms with van der Waals surface area (Å²) in [4.78, 5) is 0. The Morgan fingerprint density at radius 3 is 2.33 bits per heavy atom. The van der Waals surface area contributed by atoms with Crippen LogP contribution in [-0.4, -0.2) is 0 Å². The molecule has 2 rings (SSSR count). The summed E-state index contributed by atoms with van der Waals surface area (Å²) >= 11 is 0. The van der Waals surface area contributed by atoms with Crippen molar-refractivity contribution in [2.45, 2.75) is 39.5 Å². The molecule has 0 heteroatoms. The van der Waals surface area contributed by atoms with Crippen LogP contribution in [-0.2, 0) is 0 Å². The van der Waals surface area contributed by atoms with Crippen LogP contribution in [0.15, 0.2) is 104 Å². The second-order valence-electron chi connectivity index (χ2n) is 8.47. The highest BCUT2D eigenvalue weighted by atomic mass is 14.1. The predicted molar refractivity (Wildman–Crippen MR) is 148 cm³/mol. The van der Waals surface area contributed by atoms with Gasteiger partial charge in [-0.15, -0.1) is 6.42 Å². The van der Waals surface area contributed by atoms with Crippen molar-refractivity contribution in [3.8, 4) is 12.3 Å². The standard InChI is InChI=1S/C33H36/c1-8-28(19-22-32-20-15-25(5)23-27(32)7)17-18-29-13-12-14-33(24-29)26(6)16-21-31(11-4)30(9-2)10-3/h1,9-15,17-20,22-24,26,28H,2-4,16,21H2,5-7H3/b18-17+,22-19-. The Balaban J connectivity index is 2.09. The van der Waals surface area contributed by atoms with Crippen LogP contribution in [0.3, 0.4) is 0 Å². The first-order chi connectivity index (χ1) is 15.9. The van der Waals surface area contributed by atoms with E-state index in [0.717, 1.165) is 24.0 Å². The quantitative estimate of drug-likeness (QED) is 0.245. The molecule has 0 spiro atoms. The fourth-order valence-electron chi connectivity index (χ4n) is 3.83. The third kappa shape index (κ3) is 7.81. The lowest BCUT2D eigenvalue weighted by atomic mass is 9.91. The molecular formula is C33H36. The Kier molecular flexibility index (Phi) is 10.2. The minimum atomic E-state index is -0.0525. The monoisotopic (exact) mass is 432 g/mol. The molecule has 0 heterocycles. The molecule has 0 bridgehead atoms.